The predicted octanol–water partition coefficient (Wildman–Crippen LogP) is 3.06. The topological polar surface area (TPSA) is 169 Å². The number of anilines is 1. The Morgan fingerprint density at radius 2 is 1.53 bits per heavy atom. The first kappa shape index (κ1) is 45.4. The van der Waals surface area contributed by atoms with Crippen molar-refractivity contribution in [2.24, 2.45) is 12.5 Å². The molecule has 6 aliphatic rings. The fourth-order valence-corrected chi connectivity index (χ4v) is 11.3. The number of carbonyl (C=O) groups excluding carboxylic acids is 5. The molecule has 3 saturated heterocycles. The van der Waals surface area contributed by atoms with E-state index in [0.717, 1.165) is 129 Å². The number of fused-ring (bicyclic) bond motifs is 2. The number of hydrogen-bond donors (Lipinski definition) is 2. The summed E-state index contributed by atoms with van der Waals surface area (Å²) in [4.78, 5) is 90.0. The quantitative estimate of drug-likeness (QED) is 0.190. The van der Waals surface area contributed by atoms with Gasteiger partial charge in [0.15, 0.2) is 0 Å². The number of nitrogens with one attached hydrogen (secondary N) is 2. The molecule has 2 N–H and O–H groups in total. The van der Waals surface area contributed by atoms with Gasteiger partial charge in [-0.25, -0.2) is 4.79 Å². The van der Waals surface area contributed by atoms with E-state index in [0.29, 0.717) is 36.2 Å². The number of rotatable bonds is 13. The molecule has 17 heteroatoms. The van der Waals surface area contributed by atoms with Crippen molar-refractivity contribution in [1.82, 2.24) is 39.7 Å². The van der Waals surface area contributed by atoms with Gasteiger partial charge in [0.2, 0.25) is 11.8 Å². The Bertz CT molecular complexity index is 2470. The van der Waals surface area contributed by atoms with Gasteiger partial charge in [-0.05, 0) is 126 Å². The highest BCUT2D eigenvalue weighted by atomic mass is 16.5. The van der Waals surface area contributed by atoms with Gasteiger partial charge in [0.1, 0.15) is 17.5 Å². The summed E-state index contributed by atoms with van der Waals surface area (Å²) in [5, 5.41) is 5.56. The number of imide groups is 2. The molecule has 2 aromatic carbocycles. The molecule has 1 unspecified atom stereocenters. The second-order valence-corrected chi connectivity index (χ2v) is 19.5. The van der Waals surface area contributed by atoms with Crippen LogP contribution >= 0.6 is 0 Å². The van der Waals surface area contributed by atoms with Gasteiger partial charge >= 0.3 is 6.03 Å². The third-order valence-electron chi connectivity index (χ3n) is 14.8. The summed E-state index contributed by atoms with van der Waals surface area (Å²) in [6.45, 7) is 9.15. The van der Waals surface area contributed by atoms with Gasteiger partial charge in [-0.15, -0.1) is 0 Å². The highest BCUT2D eigenvalue weighted by molar-refractivity contribution is 6.23. The Hall–Kier alpha value is -5.78. The lowest BCUT2D eigenvalue weighted by Crippen LogP contribution is -2.55. The highest BCUT2D eigenvalue weighted by Crippen LogP contribution is 2.48. The Morgan fingerprint density at radius 1 is 0.833 bits per heavy atom. The van der Waals surface area contributed by atoms with E-state index in [2.05, 4.69) is 30.2 Å². The number of hydrogen-bond acceptors (Lipinski definition) is 12. The van der Waals surface area contributed by atoms with Crippen molar-refractivity contribution in [1.29, 1.82) is 0 Å². The van der Waals surface area contributed by atoms with Crippen LogP contribution in [0.5, 0.6) is 11.5 Å². The average molecular weight is 906 g/mol. The number of amides is 6. The molecule has 1 aromatic heterocycles. The number of benzene rings is 2. The average Bonchev–Trinajstić information content (AvgIpc) is 3.83. The third-order valence-corrected chi connectivity index (χ3v) is 14.8. The van der Waals surface area contributed by atoms with E-state index in [1.165, 1.54) is 0 Å². The Balaban J connectivity index is 0.705. The van der Waals surface area contributed by atoms with E-state index in [1.54, 1.807) is 42.9 Å². The molecular weight excluding hydrogens is 843 g/mol. The molecule has 9 rings (SSSR count). The SMILES string of the molecule is COc1cc(-c2cn(C)c(=O)c3c2CCN(C(=O)NC2CC4(CCN(CCCCN5CCN(c6ccc7c(c6)C(=O)N(C6CCC(=O)NC6=O)C7=O)CC5)C4)C2)C3)cc(OC)c1CN(C)C. The van der Waals surface area contributed by atoms with E-state index in [1.807, 2.05) is 38.5 Å². The molecule has 1 saturated carbocycles. The van der Waals surface area contributed by atoms with Crippen LogP contribution in [0.15, 0.2) is 41.3 Å². The predicted molar refractivity (Wildman–Crippen MR) is 248 cm³/mol. The summed E-state index contributed by atoms with van der Waals surface area (Å²) in [6, 6.07) is 8.44. The fraction of sp³-hybridized carbons (Fsp3) is 0.551. The monoisotopic (exact) mass is 905 g/mol. The summed E-state index contributed by atoms with van der Waals surface area (Å²) in [7, 11) is 9.09. The third kappa shape index (κ3) is 8.79. The summed E-state index contributed by atoms with van der Waals surface area (Å²) in [5.74, 6) is -0.509. The minimum Gasteiger partial charge on any atom is -0.496 e. The Labute approximate surface area is 385 Å². The molecule has 66 heavy (non-hydrogen) atoms. The maximum absolute atomic E-state index is 13.7. The molecule has 0 bridgehead atoms. The van der Waals surface area contributed by atoms with Gasteiger partial charge in [0, 0.05) is 88.3 Å². The number of pyridine rings is 1. The molecule has 6 heterocycles. The number of urea groups is 1. The number of unbranched alkanes of at least 4 members (excludes halogenated alkanes) is 1. The molecule has 352 valence electrons. The van der Waals surface area contributed by atoms with Crippen LogP contribution in [-0.4, -0.2) is 158 Å². The number of piperidine rings is 1. The van der Waals surface area contributed by atoms with Crippen molar-refractivity contribution in [2.45, 2.75) is 76.5 Å². The number of methoxy groups -OCH3 is 2. The number of ether oxygens (including phenoxy) is 2. The van der Waals surface area contributed by atoms with E-state index in [4.69, 9.17) is 9.47 Å². The summed E-state index contributed by atoms with van der Waals surface area (Å²) >= 11 is 0. The second kappa shape index (κ2) is 18.5. The first-order chi connectivity index (χ1) is 31.7. The molecule has 1 aliphatic carbocycles. The van der Waals surface area contributed by atoms with Crippen LogP contribution in [0.3, 0.4) is 0 Å². The Kier molecular flexibility index (Phi) is 12.7. The molecule has 1 spiro atoms. The lowest BCUT2D eigenvalue weighted by atomic mass is 9.65. The number of carbonyl (C=O) groups is 5. The second-order valence-electron chi connectivity index (χ2n) is 19.5. The molecule has 17 nitrogen and oxygen atoms in total. The van der Waals surface area contributed by atoms with Crippen LogP contribution in [0.25, 0.3) is 11.1 Å². The Morgan fingerprint density at radius 3 is 2.21 bits per heavy atom. The maximum Gasteiger partial charge on any atom is 0.317 e. The van der Waals surface area contributed by atoms with Gasteiger partial charge < -0.3 is 39.0 Å². The number of aromatic nitrogens is 1. The van der Waals surface area contributed by atoms with Crippen LogP contribution in [0, 0.1) is 5.41 Å². The van der Waals surface area contributed by atoms with E-state index in [-0.39, 0.29) is 42.4 Å². The van der Waals surface area contributed by atoms with Gasteiger partial charge in [-0.1, -0.05) is 0 Å². The molecule has 4 fully saturated rings. The lowest BCUT2D eigenvalue weighted by Gasteiger charge is -2.46. The minimum absolute atomic E-state index is 0.0830. The number of nitrogens with zero attached hydrogens (tertiary/aromatic N) is 7. The molecule has 6 amide bonds. The van der Waals surface area contributed by atoms with Crippen LogP contribution in [0.2, 0.25) is 0 Å². The first-order valence-corrected chi connectivity index (χ1v) is 23.5. The van der Waals surface area contributed by atoms with Crippen LogP contribution in [0.4, 0.5) is 10.5 Å². The number of piperazine rings is 1. The van der Waals surface area contributed by atoms with Crippen molar-refractivity contribution < 1.29 is 33.4 Å². The van der Waals surface area contributed by atoms with Gasteiger partial charge in [0.25, 0.3) is 17.4 Å². The first-order valence-electron chi connectivity index (χ1n) is 23.5. The van der Waals surface area contributed by atoms with E-state index in [9.17, 15) is 28.8 Å². The number of aryl methyl sites for hydroxylation is 1. The standard InChI is InChI=1S/C49H63N9O8/c1-52(2)27-39-41(65-4)22-31(23-42(39)66-5)37-28-53(3)45(61)38-29-57(16-12-34(37)38)48(64)50-32-25-49(26-32)13-17-55(30-49)15-7-6-14-54-18-20-56(21-19-54)33-8-9-35-36(24-33)47(63)58(46(35)62)40-10-11-43(59)51-44(40)60/h8-9,22-24,28,32,40H,6-7,10-21,25-27,29-30H2,1-5H3,(H,50,64)(H,51,59,60). The van der Waals surface area contributed by atoms with Crippen molar-refractivity contribution in [2.75, 3.05) is 92.1 Å². The van der Waals surface area contributed by atoms with Crippen molar-refractivity contribution in [3.05, 3.63) is 74.7 Å². The van der Waals surface area contributed by atoms with Gasteiger partial charge in [-0.3, -0.25) is 39.1 Å². The van der Waals surface area contributed by atoms with Crippen molar-refractivity contribution in [3.63, 3.8) is 0 Å². The molecule has 3 aromatic rings. The van der Waals surface area contributed by atoms with Gasteiger partial charge in [0.05, 0.1) is 37.5 Å². The summed E-state index contributed by atoms with van der Waals surface area (Å²) < 4.78 is 13.2. The van der Waals surface area contributed by atoms with Crippen LogP contribution in [-0.2, 0) is 36.1 Å². The minimum atomic E-state index is -0.971. The molecule has 0 radical (unpaired) electrons. The van der Waals surface area contributed by atoms with Gasteiger partial charge in [-0.2, -0.15) is 0 Å². The summed E-state index contributed by atoms with van der Waals surface area (Å²) in [6.07, 6.45) is 8.05. The largest absolute Gasteiger partial charge is 0.496 e. The zero-order valence-electron chi connectivity index (χ0n) is 39.0. The van der Waals surface area contributed by atoms with Crippen molar-refractivity contribution >= 4 is 35.3 Å². The lowest BCUT2D eigenvalue weighted by molar-refractivity contribution is -0.136. The normalized spacial score (nSPS) is 23.3. The zero-order valence-corrected chi connectivity index (χ0v) is 39.0. The summed E-state index contributed by atoms with van der Waals surface area (Å²) in [5.41, 5.74) is 6.12. The number of likely N-dealkylation sites (tertiary alicyclic amines) is 1. The molecule has 1 atom stereocenters. The van der Waals surface area contributed by atoms with Crippen molar-refractivity contribution in [3.8, 4) is 22.6 Å². The smallest absolute Gasteiger partial charge is 0.317 e. The molecular formula is C49H63N9O8. The van der Waals surface area contributed by atoms with E-state index >= 15 is 0 Å². The zero-order chi connectivity index (χ0) is 46.4. The van der Waals surface area contributed by atoms with Crippen LogP contribution in [0.1, 0.15) is 82.4 Å². The molecule has 5 aliphatic heterocycles. The fourth-order valence-electron chi connectivity index (χ4n) is 11.3. The van der Waals surface area contributed by atoms with Crippen LogP contribution < -0.4 is 30.6 Å². The van der Waals surface area contributed by atoms with E-state index < -0.39 is 29.7 Å². The maximum atomic E-state index is 13.7. The highest BCUT2D eigenvalue weighted by Gasteiger charge is 2.49.